The second-order valence-corrected chi connectivity index (χ2v) is 7.86. The molecule has 0 bridgehead atoms. The quantitative estimate of drug-likeness (QED) is 0.742. The van der Waals surface area contributed by atoms with Gasteiger partial charge < -0.3 is 0 Å². The van der Waals surface area contributed by atoms with Crippen molar-refractivity contribution in [3.63, 3.8) is 0 Å². The number of piperidine rings is 1. The molecule has 24 heavy (non-hydrogen) atoms. The van der Waals surface area contributed by atoms with Crippen LogP contribution in [-0.4, -0.2) is 60.1 Å². The first-order valence-corrected chi connectivity index (χ1v) is 9.88. The molecule has 2 rings (SSSR count). The van der Waals surface area contributed by atoms with Crippen LogP contribution in [0, 0.1) is 0 Å². The third-order valence-electron chi connectivity index (χ3n) is 4.08. The first-order valence-electron chi connectivity index (χ1n) is 8.23. The number of aromatic nitrogens is 2. The topological polar surface area (TPSA) is 104 Å². The van der Waals surface area contributed by atoms with E-state index in [4.69, 9.17) is 0 Å². The van der Waals surface area contributed by atoms with Gasteiger partial charge in [0.25, 0.3) is 0 Å². The minimum atomic E-state index is -3.19. The summed E-state index contributed by atoms with van der Waals surface area (Å²) < 4.78 is 26.4. The number of carbonyl (C=O) groups excluding carboxylic acids is 1. The van der Waals surface area contributed by atoms with Crippen molar-refractivity contribution in [1.29, 1.82) is 0 Å². The van der Waals surface area contributed by atoms with E-state index in [1.165, 1.54) is 0 Å². The summed E-state index contributed by atoms with van der Waals surface area (Å²) in [6.07, 6.45) is 5.14. The van der Waals surface area contributed by atoms with Gasteiger partial charge in [0.2, 0.25) is 21.9 Å². The molecule has 134 valence electrons. The Bertz CT molecular complexity index is 630. The maximum Gasteiger partial charge on any atom is 0.243 e. The molecule has 9 heteroatoms. The molecule has 0 spiro atoms. The first kappa shape index (κ1) is 18.8. The fraction of sp³-hybridized carbons (Fsp3) is 0.667. The van der Waals surface area contributed by atoms with Gasteiger partial charge in [-0.05, 0) is 32.3 Å². The average Bonchev–Trinajstić information content (AvgIpc) is 2.55. The monoisotopic (exact) mass is 355 g/mol. The van der Waals surface area contributed by atoms with Gasteiger partial charge >= 0.3 is 0 Å². The third kappa shape index (κ3) is 5.50. The van der Waals surface area contributed by atoms with E-state index >= 15 is 0 Å². The van der Waals surface area contributed by atoms with Gasteiger partial charge in [0.1, 0.15) is 0 Å². The predicted molar refractivity (Wildman–Crippen MR) is 91.9 cm³/mol. The van der Waals surface area contributed by atoms with Crippen molar-refractivity contribution < 1.29 is 13.2 Å². The average molecular weight is 355 g/mol. The highest BCUT2D eigenvalue weighted by atomic mass is 32.2. The van der Waals surface area contributed by atoms with E-state index in [1.54, 1.807) is 18.5 Å². The molecule has 0 saturated carbocycles. The zero-order valence-electron chi connectivity index (χ0n) is 14.1. The summed E-state index contributed by atoms with van der Waals surface area (Å²) in [4.78, 5) is 22.3. The van der Waals surface area contributed by atoms with Crippen LogP contribution in [0.3, 0.4) is 0 Å². The molecule has 0 radical (unpaired) electrons. The number of carbonyl (C=O) groups is 1. The van der Waals surface area contributed by atoms with Gasteiger partial charge in [0.05, 0.1) is 11.8 Å². The Morgan fingerprint density at radius 1 is 1.33 bits per heavy atom. The molecule has 1 saturated heterocycles. The molecular formula is C15H25N5O3S. The summed E-state index contributed by atoms with van der Waals surface area (Å²) >= 11 is 0. The van der Waals surface area contributed by atoms with E-state index in [1.807, 2.05) is 18.7 Å². The Labute approximate surface area is 143 Å². The molecule has 8 nitrogen and oxygen atoms in total. The summed E-state index contributed by atoms with van der Waals surface area (Å²) in [5, 5.41) is 2.69. The van der Waals surface area contributed by atoms with Crippen molar-refractivity contribution in [2.24, 2.45) is 0 Å². The van der Waals surface area contributed by atoms with E-state index in [0.717, 1.165) is 0 Å². The van der Waals surface area contributed by atoms with Crippen molar-refractivity contribution in [2.75, 3.05) is 24.2 Å². The van der Waals surface area contributed by atoms with Gasteiger partial charge in [-0.1, -0.05) is 6.92 Å². The van der Waals surface area contributed by atoms with Crippen LogP contribution in [-0.2, 0) is 14.8 Å². The van der Waals surface area contributed by atoms with Gasteiger partial charge in [0, 0.05) is 31.5 Å². The Morgan fingerprint density at radius 3 is 2.54 bits per heavy atom. The number of likely N-dealkylation sites (tertiary alicyclic amines) is 1. The van der Waals surface area contributed by atoms with Gasteiger partial charge in [0.15, 0.2) is 0 Å². The molecule has 1 fully saturated rings. The number of nitrogens with zero attached hydrogens (tertiary/aromatic N) is 3. The summed E-state index contributed by atoms with van der Waals surface area (Å²) in [6, 6.07) is 1.32. The molecule has 1 atom stereocenters. The molecule has 2 heterocycles. The molecule has 1 unspecified atom stereocenters. The van der Waals surface area contributed by atoms with Crippen molar-refractivity contribution in [3.8, 4) is 0 Å². The van der Waals surface area contributed by atoms with Crippen LogP contribution in [0.1, 0.15) is 33.1 Å². The van der Waals surface area contributed by atoms with Gasteiger partial charge in [-0.3, -0.25) is 15.0 Å². The van der Waals surface area contributed by atoms with E-state index in [0.29, 0.717) is 32.4 Å². The Morgan fingerprint density at radius 2 is 1.96 bits per heavy atom. The third-order valence-corrected chi connectivity index (χ3v) is 5.71. The number of nitrogens with one attached hydrogen (secondary N) is 2. The van der Waals surface area contributed by atoms with Crippen LogP contribution in [0.5, 0.6) is 0 Å². The van der Waals surface area contributed by atoms with E-state index < -0.39 is 10.0 Å². The lowest BCUT2D eigenvalue weighted by atomic mass is 10.0. The first-order chi connectivity index (χ1) is 11.4. The lowest BCUT2D eigenvalue weighted by Gasteiger charge is -2.35. The number of hydrogen-bond donors (Lipinski definition) is 2. The van der Waals surface area contributed by atoms with Crippen LogP contribution in [0.15, 0.2) is 18.5 Å². The maximum absolute atomic E-state index is 12.3. The van der Waals surface area contributed by atoms with E-state index in [9.17, 15) is 13.2 Å². The molecule has 0 aliphatic carbocycles. The van der Waals surface area contributed by atoms with Crippen molar-refractivity contribution in [3.05, 3.63) is 18.5 Å². The summed E-state index contributed by atoms with van der Waals surface area (Å²) in [7, 11) is -3.19. The highest BCUT2D eigenvalue weighted by Crippen LogP contribution is 2.15. The fourth-order valence-electron chi connectivity index (χ4n) is 2.73. The molecule has 0 aromatic carbocycles. The SMILES string of the molecule is CCCS(=O)(=O)NC1CCN(C(C)C(=O)Nc2ncccn2)CC1. The second kappa shape index (κ2) is 8.50. The minimum Gasteiger partial charge on any atom is -0.293 e. The molecule has 1 aromatic rings. The van der Waals surface area contributed by atoms with Crippen LogP contribution in [0.4, 0.5) is 5.95 Å². The fourth-order valence-corrected chi connectivity index (χ4v) is 4.13. The Balaban J connectivity index is 1.82. The smallest absolute Gasteiger partial charge is 0.243 e. The maximum atomic E-state index is 12.3. The minimum absolute atomic E-state index is 0.0504. The van der Waals surface area contributed by atoms with Crippen molar-refractivity contribution >= 4 is 21.9 Å². The van der Waals surface area contributed by atoms with Gasteiger partial charge in [-0.25, -0.2) is 23.1 Å². The zero-order valence-corrected chi connectivity index (χ0v) is 14.9. The Kier molecular flexibility index (Phi) is 6.64. The lowest BCUT2D eigenvalue weighted by Crippen LogP contribution is -2.50. The van der Waals surface area contributed by atoms with Crippen LogP contribution < -0.4 is 10.0 Å². The summed E-state index contributed by atoms with van der Waals surface area (Å²) in [6.45, 7) is 5.02. The van der Waals surface area contributed by atoms with E-state index in [2.05, 4.69) is 20.0 Å². The number of anilines is 1. The van der Waals surface area contributed by atoms with E-state index in [-0.39, 0.29) is 29.7 Å². The van der Waals surface area contributed by atoms with Gasteiger partial charge in [-0.2, -0.15) is 0 Å². The largest absolute Gasteiger partial charge is 0.293 e. The predicted octanol–water partition coefficient (Wildman–Crippen LogP) is 0.597. The van der Waals surface area contributed by atoms with Crippen LogP contribution >= 0.6 is 0 Å². The molecule has 1 aromatic heterocycles. The molecule has 1 aliphatic heterocycles. The highest BCUT2D eigenvalue weighted by molar-refractivity contribution is 7.89. The second-order valence-electron chi connectivity index (χ2n) is 5.98. The molecule has 1 aliphatic rings. The number of hydrogen-bond acceptors (Lipinski definition) is 6. The van der Waals surface area contributed by atoms with Crippen LogP contribution in [0.2, 0.25) is 0 Å². The Hall–Kier alpha value is -1.58. The van der Waals surface area contributed by atoms with Crippen molar-refractivity contribution in [2.45, 2.75) is 45.2 Å². The van der Waals surface area contributed by atoms with Crippen LogP contribution in [0.25, 0.3) is 0 Å². The molecule has 1 amide bonds. The summed E-state index contributed by atoms with van der Waals surface area (Å²) in [5.41, 5.74) is 0. The molecule has 2 N–H and O–H groups in total. The number of amides is 1. The number of sulfonamides is 1. The normalized spacial score (nSPS) is 18.2. The van der Waals surface area contributed by atoms with Crippen molar-refractivity contribution in [1.82, 2.24) is 19.6 Å². The van der Waals surface area contributed by atoms with Gasteiger partial charge in [-0.15, -0.1) is 0 Å². The summed E-state index contributed by atoms with van der Waals surface area (Å²) in [5.74, 6) is 0.283. The standard InChI is InChI=1S/C15H25N5O3S/c1-3-11-24(22,23)19-13-5-9-20(10-6-13)12(2)14(21)18-15-16-7-4-8-17-15/h4,7-8,12-13,19H,3,5-6,9-11H2,1-2H3,(H,16,17,18,21). The molecular weight excluding hydrogens is 330 g/mol. The number of rotatable bonds is 7. The highest BCUT2D eigenvalue weighted by Gasteiger charge is 2.28. The lowest BCUT2D eigenvalue weighted by molar-refractivity contribution is -0.121. The zero-order chi connectivity index (χ0) is 17.6.